The van der Waals surface area contributed by atoms with Crippen LogP contribution in [0.25, 0.3) is 33.7 Å². The van der Waals surface area contributed by atoms with Crippen LogP contribution in [0.2, 0.25) is 0 Å². The van der Waals surface area contributed by atoms with Gasteiger partial charge in [-0.25, -0.2) is 9.97 Å². The fourth-order valence-corrected chi connectivity index (χ4v) is 3.46. The number of H-pyrrole nitrogens is 1. The Labute approximate surface area is 162 Å². The molecule has 0 spiro atoms. The van der Waals surface area contributed by atoms with Gasteiger partial charge in [0.25, 0.3) is 0 Å². The number of hydrogen-bond donors (Lipinski definition) is 2. The van der Waals surface area contributed by atoms with Crippen LogP contribution in [-0.4, -0.2) is 56.3 Å². The Morgan fingerprint density at radius 3 is 2.71 bits per heavy atom. The van der Waals surface area contributed by atoms with E-state index in [-0.39, 0.29) is 0 Å². The first kappa shape index (κ1) is 16.8. The van der Waals surface area contributed by atoms with E-state index in [0.29, 0.717) is 0 Å². The molecule has 5 rings (SSSR count). The van der Waals surface area contributed by atoms with Crippen molar-refractivity contribution in [3.8, 4) is 22.8 Å². The Morgan fingerprint density at radius 2 is 1.86 bits per heavy atom. The van der Waals surface area contributed by atoms with Gasteiger partial charge < -0.3 is 10.2 Å². The van der Waals surface area contributed by atoms with E-state index < -0.39 is 0 Å². The van der Waals surface area contributed by atoms with Gasteiger partial charge in [0.1, 0.15) is 17.2 Å². The van der Waals surface area contributed by atoms with E-state index >= 15 is 0 Å². The topological polar surface area (TPSA) is 95.5 Å². The van der Waals surface area contributed by atoms with E-state index in [9.17, 15) is 0 Å². The van der Waals surface area contributed by atoms with Crippen LogP contribution in [0, 0.1) is 6.92 Å². The van der Waals surface area contributed by atoms with E-state index in [1.54, 1.807) is 18.6 Å². The number of nitrogens with zero attached hydrogens (tertiary/aromatic N) is 6. The number of aromatic amines is 1. The first-order chi connectivity index (χ1) is 13.8. The maximum Gasteiger partial charge on any atom is 0.129 e. The molecule has 0 aromatic carbocycles. The summed E-state index contributed by atoms with van der Waals surface area (Å²) in [4.78, 5) is 20.4. The lowest BCUT2D eigenvalue weighted by molar-refractivity contribution is 0.585. The van der Waals surface area contributed by atoms with Crippen LogP contribution >= 0.6 is 0 Å². The summed E-state index contributed by atoms with van der Waals surface area (Å²) in [5.74, 6) is 0.981. The summed E-state index contributed by atoms with van der Waals surface area (Å²) in [5, 5.41) is 11.9. The number of fused-ring (bicyclic) bond motifs is 1. The van der Waals surface area contributed by atoms with Crippen molar-refractivity contribution in [3.63, 3.8) is 0 Å². The summed E-state index contributed by atoms with van der Waals surface area (Å²) >= 11 is 0. The molecule has 8 heteroatoms. The standard InChI is InChI=1S/C20H20N8/c1-13-10-22-11-18(24-13)16-9-14-17(12-23-16)26-27-20(14)15-3-2-4-19(25-15)28-7-5-21-6-8-28/h2-4,9-12,21H,5-8H2,1H3,(H,26,27). The van der Waals surface area contributed by atoms with Gasteiger partial charge in [0.15, 0.2) is 0 Å². The predicted molar refractivity (Wildman–Crippen MR) is 108 cm³/mol. The average molecular weight is 372 g/mol. The molecular formula is C20H20N8. The molecule has 1 saturated heterocycles. The normalized spacial score (nSPS) is 14.5. The lowest BCUT2D eigenvalue weighted by atomic mass is 10.1. The fourth-order valence-electron chi connectivity index (χ4n) is 3.46. The third kappa shape index (κ3) is 3.07. The maximum atomic E-state index is 4.87. The van der Waals surface area contributed by atoms with Crippen molar-refractivity contribution >= 4 is 16.7 Å². The molecule has 140 valence electrons. The number of rotatable bonds is 3. The number of hydrogen-bond acceptors (Lipinski definition) is 7. The van der Waals surface area contributed by atoms with Crippen LogP contribution in [0.4, 0.5) is 5.82 Å². The molecule has 1 fully saturated rings. The Kier molecular flexibility index (Phi) is 4.17. The third-order valence-corrected chi connectivity index (χ3v) is 4.88. The quantitative estimate of drug-likeness (QED) is 0.569. The van der Waals surface area contributed by atoms with Gasteiger partial charge in [-0.2, -0.15) is 5.10 Å². The molecule has 8 nitrogen and oxygen atoms in total. The minimum absolute atomic E-state index is 0.747. The lowest BCUT2D eigenvalue weighted by Crippen LogP contribution is -2.43. The first-order valence-electron chi connectivity index (χ1n) is 9.34. The summed E-state index contributed by atoms with van der Waals surface area (Å²) in [5.41, 5.74) is 4.90. The number of aryl methyl sites for hydroxylation is 1. The SMILES string of the molecule is Cc1cncc(-c2cc3c(-c4cccc(N5CCNCC5)n4)n[nH]c3cn2)n1. The van der Waals surface area contributed by atoms with Crippen LogP contribution < -0.4 is 10.2 Å². The van der Waals surface area contributed by atoms with Gasteiger partial charge in [-0.05, 0) is 25.1 Å². The first-order valence-corrected chi connectivity index (χ1v) is 9.34. The molecular weight excluding hydrogens is 352 g/mol. The maximum absolute atomic E-state index is 4.87. The molecule has 0 unspecified atom stereocenters. The molecule has 1 aliphatic heterocycles. The molecule has 4 aromatic heterocycles. The summed E-state index contributed by atoms with van der Waals surface area (Å²) in [6.07, 6.45) is 5.24. The second kappa shape index (κ2) is 6.97. The number of nitrogens with one attached hydrogen (secondary N) is 2. The molecule has 1 aliphatic rings. The number of piperazine rings is 1. The van der Waals surface area contributed by atoms with Crippen molar-refractivity contribution in [2.75, 3.05) is 31.1 Å². The van der Waals surface area contributed by atoms with Crippen molar-refractivity contribution in [1.82, 2.24) is 35.5 Å². The van der Waals surface area contributed by atoms with Gasteiger partial charge >= 0.3 is 0 Å². The zero-order chi connectivity index (χ0) is 18.9. The Balaban J connectivity index is 1.57. The third-order valence-electron chi connectivity index (χ3n) is 4.88. The smallest absolute Gasteiger partial charge is 0.129 e. The Morgan fingerprint density at radius 1 is 0.964 bits per heavy atom. The summed E-state index contributed by atoms with van der Waals surface area (Å²) < 4.78 is 0. The minimum atomic E-state index is 0.747. The highest BCUT2D eigenvalue weighted by Crippen LogP contribution is 2.28. The zero-order valence-electron chi connectivity index (χ0n) is 15.6. The number of anilines is 1. The highest BCUT2D eigenvalue weighted by atomic mass is 15.2. The van der Waals surface area contributed by atoms with Crippen molar-refractivity contribution in [3.05, 3.63) is 48.5 Å². The summed E-state index contributed by atoms with van der Waals surface area (Å²) in [7, 11) is 0. The van der Waals surface area contributed by atoms with Gasteiger partial charge in [-0.15, -0.1) is 0 Å². The van der Waals surface area contributed by atoms with Gasteiger partial charge in [-0.1, -0.05) is 6.07 Å². The molecule has 0 atom stereocenters. The molecule has 5 heterocycles. The molecule has 28 heavy (non-hydrogen) atoms. The molecule has 0 bridgehead atoms. The second-order valence-electron chi connectivity index (χ2n) is 6.85. The number of pyridine rings is 2. The molecule has 0 aliphatic carbocycles. The summed E-state index contributed by atoms with van der Waals surface area (Å²) in [6, 6.07) is 8.08. The van der Waals surface area contributed by atoms with Gasteiger partial charge in [-0.3, -0.25) is 15.1 Å². The zero-order valence-corrected chi connectivity index (χ0v) is 15.6. The van der Waals surface area contributed by atoms with E-state index in [1.165, 1.54) is 0 Å². The fraction of sp³-hybridized carbons (Fsp3) is 0.250. The van der Waals surface area contributed by atoms with Crippen molar-refractivity contribution < 1.29 is 0 Å². The van der Waals surface area contributed by atoms with Crippen LogP contribution in [0.3, 0.4) is 0 Å². The molecule has 4 aromatic rings. The Bertz CT molecular complexity index is 1130. The van der Waals surface area contributed by atoms with Crippen molar-refractivity contribution in [2.24, 2.45) is 0 Å². The van der Waals surface area contributed by atoms with E-state index in [2.05, 4.69) is 41.4 Å². The second-order valence-corrected chi connectivity index (χ2v) is 6.85. The van der Waals surface area contributed by atoms with Crippen LogP contribution in [0.15, 0.2) is 42.9 Å². The molecule has 0 saturated carbocycles. The highest BCUT2D eigenvalue weighted by molar-refractivity contribution is 5.93. The Hall–Kier alpha value is -3.39. The monoisotopic (exact) mass is 372 g/mol. The lowest BCUT2D eigenvalue weighted by Gasteiger charge is -2.28. The molecule has 2 N–H and O–H groups in total. The molecule has 0 radical (unpaired) electrons. The highest BCUT2D eigenvalue weighted by Gasteiger charge is 2.16. The summed E-state index contributed by atoms with van der Waals surface area (Å²) in [6.45, 7) is 5.78. The van der Waals surface area contributed by atoms with Crippen molar-refractivity contribution in [1.29, 1.82) is 0 Å². The van der Waals surface area contributed by atoms with Crippen LogP contribution in [-0.2, 0) is 0 Å². The minimum Gasteiger partial charge on any atom is -0.354 e. The number of aromatic nitrogens is 6. The van der Waals surface area contributed by atoms with Gasteiger partial charge in [0.2, 0.25) is 0 Å². The molecule has 0 amide bonds. The van der Waals surface area contributed by atoms with Gasteiger partial charge in [0.05, 0.1) is 35.0 Å². The largest absolute Gasteiger partial charge is 0.354 e. The van der Waals surface area contributed by atoms with E-state index in [4.69, 9.17) is 4.98 Å². The van der Waals surface area contributed by atoms with Crippen molar-refractivity contribution in [2.45, 2.75) is 6.92 Å². The van der Waals surface area contributed by atoms with E-state index in [1.807, 2.05) is 25.1 Å². The van der Waals surface area contributed by atoms with E-state index in [0.717, 1.165) is 71.4 Å². The van der Waals surface area contributed by atoms with Gasteiger partial charge in [0, 0.05) is 37.8 Å². The average Bonchev–Trinajstić information content (AvgIpc) is 3.18. The van der Waals surface area contributed by atoms with Crippen LogP contribution in [0.1, 0.15) is 5.69 Å². The van der Waals surface area contributed by atoms with Crippen LogP contribution in [0.5, 0.6) is 0 Å². The predicted octanol–water partition coefficient (Wildman–Crippen LogP) is 2.19.